The van der Waals surface area contributed by atoms with Gasteiger partial charge in [0.1, 0.15) is 22.7 Å². The number of ketones is 1. The molecular formula is C35H34F6N4O6. The molecular weight excluding hydrogens is 686 g/mol. The first-order valence-electron chi connectivity index (χ1n) is 16.0. The van der Waals surface area contributed by atoms with Gasteiger partial charge in [0.15, 0.2) is 36.6 Å². The number of piperazine rings is 1. The number of benzene rings is 3. The van der Waals surface area contributed by atoms with Gasteiger partial charge in [-0.05, 0) is 75.8 Å². The fourth-order valence-electron chi connectivity index (χ4n) is 6.65. The zero-order chi connectivity index (χ0) is 37.0. The molecule has 4 aromatic rings. The number of hydrogen-bond acceptors (Lipinski definition) is 9. The Morgan fingerprint density at radius 2 is 1.63 bits per heavy atom. The Labute approximate surface area is 288 Å². The molecule has 2 aliphatic rings. The number of anilines is 1. The Hall–Kier alpha value is -4.86. The summed E-state index contributed by atoms with van der Waals surface area (Å²) in [5.41, 5.74) is -2.32. The highest BCUT2D eigenvalue weighted by Gasteiger charge is 2.45. The standard InChI is InChI=1S/C35H34F6N4O6/c1-17(46)22-12-24-30(29(38)27(22)23-11-21(50-16-48-5)10-18-6-9-25(36)28(37)26(18)23)42-32(49-15-35(39,40)41)43-31(24)44-13-19-7-8-20(14-44)45(19)33(47)51-34(2,3)4/h6,9-12,19-20H,7-8,13-16H2,1-5H3/t19-,20+. The fraction of sp³-hybridized carbons (Fsp3) is 0.429. The lowest BCUT2D eigenvalue weighted by Crippen LogP contribution is -2.57. The van der Waals surface area contributed by atoms with E-state index in [0.717, 1.165) is 13.0 Å². The van der Waals surface area contributed by atoms with E-state index in [2.05, 4.69) is 9.97 Å². The minimum atomic E-state index is -4.79. The number of nitrogens with zero attached hydrogens (tertiary/aromatic N) is 4. The van der Waals surface area contributed by atoms with Crippen LogP contribution >= 0.6 is 0 Å². The molecule has 0 radical (unpaired) electrons. The predicted octanol–water partition coefficient (Wildman–Crippen LogP) is 7.58. The molecule has 10 nitrogen and oxygen atoms in total. The van der Waals surface area contributed by atoms with Gasteiger partial charge in [0.25, 0.3) is 0 Å². The molecule has 2 saturated heterocycles. The maximum Gasteiger partial charge on any atom is 0.422 e. The van der Waals surface area contributed by atoms with Gasteiger partial charge in [0.05, 0.1) is 12.1 Å². The van der Waals surface area contributed by atoms with Gasteiger partial charge in [-0.25, -0.2) is 18.0 Å². The molecule has 0 unspecified atom stereocenters. The average Bonchev–Trinajstić information content (AvgIpc) is 3.32. The van der Waals surface area contributed by atoms with Gasteiger partial charge in [0, 0.05) is 42.1 Å². The average molecular weight is 721 g/mol. The van der Waals surface area contributed by atoms with Crippen LogP contribution in [0.25, 0.3) is 32.8 Å². The van der Waals surface area contributed by atoms with Gasteiger partial charge in [-0.2, -0.15) is 23.1 Å². The fourth-order valence-corrected chi connectivity index (χ4v) is 6.65. The summed E-state index contributed by atoms with van der Waals surface area (Å²) in [5, 5.41) is -0.325. The lowest BCUT2D eigenvalue weighted by molar-refractivity contribution is -0.154. The van der Waals surface area contributed by atoms with Crippen LogP contribution in [-0.4, -0.2) is 84.2 Å². The monoisotopic (exact) mass is 720 g/mol. The molecule has 272 valence electrons. The van der Waals surface area contributed by atoms with E-state index in [1.807, 2.05) is 0 Å². The maximum atomic E-state index is 17.1. The van der Waals surface area contributed by atoms with E-state index >= 15 is 8.78 Å². The summed E-state index contributed by atoms with van der Waals surface area (Å²) >= 11 is 0. The van der Waals surface area contributed by atoms with E-state index in [1.54, 1.807) is 30.6 Å². The van der Waals surface area contributed by atoms with Gasteiger partial charge in [-0.15, -0.1) is 0 Å². The van der Waals surface area contributed by atoms with Crippen LogP contribution in [0, 0.1) is 17.5 Å². The summed E-state index contributed by atoms with van der Waals surface area (Å²) in [4.78, 5) is 37.9. The van der Waals surface area contributed by atoms with Crippen molar-refractivity contribution in [3.05, 3.63) is 53.3 Å². The zero-order valence-electron chi connectivity index (χ0n) is 28.3. The van der Waals surface area contributed by atoms with Crippen LogP contribution < -0.4 is 14.4 Å². The number of carbonyl (C=O) groups excluding carboxylic acids is 2. The second kappa shape index (κ2) is 13.4. The second-order valence-corrected chi connectivity index (χ2v) is 13.5. The number of carbonyl (C=O) groups is 2. The van der Waals surface area contributed by atoms with Crippen LogP contribution in [0.5, 0.6) is 11.8 Å². The molecule has 3 heterocycles. The Balaban J connectivity index is 1.56. The Morgan fingerprint density at radius 3 is 2.24 bits per heavy atom. The lowest BCUT2D eigenvalue weighted by Gasteiger charge is -2.42. The van der Waals surface area contributed by atoms with E-state index in [-0.39, 0.29) is 70.8 Å². The largest absolute Gasteiger partial charge is 0.468 e. The summed E-state index contributed by atoms with van der Waals surface area (Å²) in [5.74, 6) is -4.43. The molecule has 2 atom stereocenters. The molecule has 0 saturated carbocycles. The number of halogens is 6. The van der Waals surface area contributed by atoms with E-state index in [4.69, 9.17) is 18.9 Å². The van der Waals surface area contributed by atoms with Crippen molar-refractivity contribution < 1.29 is 54.9 Å². The van der Waals surface area contributed by atoms with E-state index in [0.29, 0.717) is 12.8 Å². The first kappa shape index (κ1) is 35.9. The van der Waals surface area contributed by atoms with E-state index in [1.165, 1.54) is 31.4 Å². The number of Topliss-reactive ketones (excluding diaryl/α,β-unsaturated/α-hetero) is 1. The minimum absolute atomic E-state index is 0.0369. The molecule has 0 N–H and O–H groups in total. The predicted molar refractivity (Wildman–Crippen MR) is 174 cm³/mol. The first-order chi connectivity index (χ1) is 24.0. The Bertz CT molecular complexity index is 2020. The first-order valence-corrected chi connectivity index (χ1v) is 16.0. The third-order valence-corrected chi connectivity index (χ3v) is 8.61. The summed E-state index contributed by atoms with van der Waals surface area (Å²) in [6.45, 7) is 4.62. The molecule has 2 bridgehead atoms. The van der Waals surface area contributed by atoms with Gasteiger partial charge < -0.3 is 23.8 Å². The van der Waals surface area contributed by atoms with Crippen molar-refractivity contribution in [3.8, 4) is 22.9 Å². The highest BCUT2D eigenvalue weighted by molar-refractivity contribution is 6.11. The molecule has 2 aliphatic heterocycles. The van der Waals surface area contributed by atoms with Crippen LogP contribution in [0.1, 0.15) is 50.9 Å². The third-order valence-electron chi connectivity index (χ3n) is 8.61. The van der Waals surface area contributed by atoms with Crippen molar-refractivity contribution in [3.63, 3.8) is 0 Å². The normalized spacial score (nSPS) is 17.7. The van der Waals surface area contributed by atoms with Crippen molar-refractivity contribution in [2.75, 3.05) is 38.5 Å². The van der Waals surface area contributed by atoms with Gasteiger partial charge in [-0.1, -0.05) is 6.07 Å². The quantitative estimate of drug-likeness (QED) is 0.104. The summed E-state index contributed by atoms with van der Waals surface area (Å²) in [7, 11) is 1.35. The van der Waals surface area contributed by atoms with Gasteiger partial charge in [0.2, 0.25) is 0 Å². The van der Waals surface area contributed by atoms with Crippen molar-refractivity contribution in [1.82, 2.24) is 14.9 Å². The van der Waals surface area contributed by atoms with E-state index < -0.39 is 64.8 Å². The molecule has 6 rings (SSSR count). The van der Waals surface area contributed by atoms with Crippen molar-refractivity contribution in [1.29, 1.82) is 0 Å². The number of hydrogen-bond donors (Lipinski definition) is 0. The van der Waals surface area contributed by atoms with Crippen LogP contribution in [-0.2, 0) is 9.47 Å². The molecule has 1 amide bonds. The number of amides is 1. The number of fused-ring (bicyclic) bond motifs is 4. The number of ether oxygens (including phenoxy) is 4. The summed E-state index contributed by atoms with van der Waals surface area (Å²) < 4.78 is 108. The Morgan fingerprint density at radius 1 is 0.941 bits per heavy atom. The molecule has 16 heteroatoms. The van der Waals surface area contributed by atoms with Crippen LogP contribution in [0.15, 0.2) is 30.3 Å². The SMILES string of the molecule is COCOc1cc(-c2c(C(C)=O)cc3c(N4C[C@H]5CC[C@@H](C4)N5C(=O)OC(C)(C)C)nc(OCC(F)(F)F)nc3c2F)c2c(F)c(F)ccc2c1. The molecule has 0 aliphatic carbocycles. The summed E-state index contributed by atoms with van der Waals surface area (Å²) in [6, 6.07) is 4.42. The molecule has 51 heavy (non-hydrogen) atoms. The smallest absolute Gasteiger partial charge is 0.422 e. The second-order valence-electron chi connectivity index (χ2n) is 13.5. The maximum absolute atomic E-state index is 17.1. The van der Waals surface area contributed by atoms with Crippen LogP contribution in [0.4, 0.5) is 37.0 Å². The van der Waals surface area contributed by atoms with Crippen LogP contribution in [0.2, 0.25) is 0 Å². The lowest BCUT2D eigenvalue weighted by atomic mass is 9.90. The number of alkyl halides is 3. The van der Waals surface area contributed by atoms with Crippen molar-refractivity contribution in [2.45, 2.75) is 64.4 Å². The van der Waals surface area contributed by atoms with Crippen molar-refractivity contribution in [2.24, 2.45) is 0 Å². The number of rotatable bonds is 8. The number of aromatic nitrogens is 2. The molecule has 2 fully saturated rings. The van der Waals surface area contributed by atoms with Crippen LogP contribution in [0.3, 0.4) is 0 Å². The molecule has 3 aromatic carbocycles. The van der Waals surface area contributed by atoms with Gasteiger partial charge in [-0.3, -0.25) is 9.69 Å². The minimum Gasteiger partial charge on any atom is -0.468 e. The van der Waals surface area contributed by atoms with Crippen molar-refractivity contribution >= 4 is 39.4 Å². The molecule has 1 aromatic heterocycles. The van der Waals surface area contributed by atoms with Gasteiger partial charge >= 0.3 is 18.3 Å². The molecule has 0 spiro atoms. The number of methoxy groups -OCH3 is 1. The van der Waals surface area contributed by atoms with E-state index in [9.17, 15) is 27.2 Å². The Kier molecular flexibility index (Phi) is 9.42. The third kappa shape index (κ3) is 7.18. The highest BCUT2D eigenvalue weighted by atomic mass is 19.4. The summed E-state index contributed by atoms with van der Waals surface area (Å²) in [6.07, 6.45) is -4.12. The zero-order valence-corrected chi connectivity index (χ0v) is 28.3. The highest BCUT2D eigenvalue weighted by Crippen LogP contribution is 2.43. The topological polar surface area (TPSA) is 103 Å².